The fraction of sp³-hybridized carbons (Fsp3) is 0.214. The van der Waals surface area contributed by atoms with Gasteiger partial charge in [0.05, 0.1) is 19.8 Å². The third-order valence-electron chi connectivity index (χ3n) is 5.61. The molecule has 1 amide bonds. The minimum atomic E-state index is -0.509. The van der Waals surface area contributed by atoms with Crippen LogP contribution >= 0.6 is 0 Å². The summed E-state index contributed by atoms with van der Waals surface area (Å²) in [6, 6.07) is 15.9. The molecular formula is C28H27NO7. The molecule has 3 aromatic carbocycles. The van der Waals surface area contributed by atoms with Crippen LogP contribution in [0.2, 0.25) is 0 Å². The lowest BCUT2D eigenvalue weighted by atomic mass is 10.1. The summed E-state index contributed by atoms with van der Waals surface area (Å²) >= 11 is 0. The van der Waals surface area contributed by atoms with E-state index in [1.807, 2.05) is 25.1 Å². The number of fused-ring (bicyclic) bond motifs is 1. The van der Waals surface area contributed by atoms with Crippen molar-refractivity contribution in [2.24, 2.45) is 0 Å². The first-order valence-corrected chi connectivity index (χ1v) is 11.4. The highest BCUT2D eigenvalue weighted by Gasteiger charge is 2.18. The van der Waals surface area contributed by atoms with Crippen molar-refractivity contribution in [3.63, 3.8) is 0 Å². The molecule has 0 saturated carbocycles. The maximum Gasteiger partial charge on any atom is 0.343 e. The van der Waals surface area contributed by atoms with Crippen molar-refractivity contribution in [1.82, 2.24) is 5.32 Å². The smallest absolute Gasteiger partial charge is 0.343 e. The molecule has 0 unspecified atom stereocenters. The first-order chi connectivity index (χ1) is 17.5. The number of hydrogen-bond donors (Lipinski definition) is 1. The minimum absolute atomic E-state index is 0.200. The molecule has 36 heavy (non-hydrogen) atoms. The number of nitrogens with one attached hydrogen (secondary N) is 1. The molecule has 1 aliphatic rings. The van der Waals surface area contributed by atoms with Gasteiger partial charge in [-0.15, -0.1) is 0 Å². The third-order valence-corrected chi connectivity index (χ3v) is 5.61. The Morgan fingerprint density at radius 1 is 0.972 bits per heavy atom. The average molecular weight is 490 g/mol. The van der Waals surface area contributed by atoms with Gasteiger partial charge >= 0.3 is 5.97 Å². The maximum atomic E-state index is 12.6. The summed E-state index contributed by atoms with van der Waals surface area (Å²) in [5.74, 6) is 1.61. The molecule has 3 aromatic rings. The molecule has 0 radical (unpaired) electrons. The van der Waals surface area contributed by atoms with E-state index in [1.54, 1.807) is 42.5 Å². The summed E-state index contributed by atoms with van der Waals surface area (Å²) < 4.78 is 27.2. The average Bonchev–Trinajstić information content (AvgIpc) is 3.34. The van der Waals surface area contributed by atoms with Gasteiger partial charge in [-0.05, 0) is 72.5 Å². The van der Waals surface area contributed by atoms with Gasteiger partial charge in [-0.1, -0.05) is 18.2 Å². The summed E-state index contributed by atoms with van der Waals surface area (Å²) in [7, 11) is 2.99. The number of aryl methyl sites for hydroxylation is 1. The fourth-order valence-corrected chi connectivity index (χ4v) is 3.73. The van der Waals surface area contributed by atoms with Crippen LogP contribution in [0.4, 0.5) is 0 Å². The van der Waals surface area contributed by atoms with Crippen molar-refractivity contribution in [1.29, 1.82) is 0 Å². The number of ether oxygens (including phenoxy) is 5. The Bertz CT molecular complexity index is 1280. The summed E-state index contributed by atoms with van der Waals surface area (Å²) in [5, 5.41) is 2.86. The van der Waals surface area contributed by atoms with Gasteiger partial charge in [0.15, 0.2) is 23.0 Å². The van der Waals surface area contributed by atoms with Crippen LogP contribution in [0.3, 0.4) is 0 Å². The van der Waals surface area contributed by atoms with Crippen LogP contribution in [-0.2, 0) is 11.2 Å². The number of benzene rings is 3. The van der Waals surface area contributed by atoms with Crippen LogP contribution in [-0.4, -0.2) is 39.4 Å². The van der Waals surface area contributed by atoms with E-state index in [2.05, 4.69) is 5.32 Å². The maximum absolute atomic E-state index is 12.6. The number of carbonyl (C=O) groups is 2. The van der Waals surface area contributed by atoms with Crippen molar-refractivity contribution >= 4 is 18.0 Å². The highest BCUT2D eigenvalue weighted by molar-refractivity contribution is 5.92. The summed E-state index contributed by atoms with van der Waals surface area (Å²) in [5.41, 5.74) is 3.07. The number of amides is 1. The first-order valence-electron chi connectivity index (χ1n) is 11.4. The number of methoxy groups -OCH3 is 2. The Hall–Kier alpha value is -4.46. The zero-order valence-corrected chi connectivity index (χ0v) is 20.3. The third kappa shape index (κ3) is 5.78. The van der Waals surface area contributed by atoms with Crippen LogP contribution in [0.1, 0.15) is 27.0 Å². The number of rotatable bonds is 9. The van der Waals surface area contributed by atoms with Crippen molar-refractivity contribution in [2.75, 3.05) is 27.6 Å². The van der Waals surface area contributed by atoms with Gasteiger partial charge in [-0.2, -0.15) is 0 Å². The quantitative estimate of drug-likeness (QED) is 0.272. The number of carbonyl (C=O) groups excluding carboxylic acids is 2. The Labute approximate surface area is 209 Å². The molecule has 0 atom stereocenters. The van der Waals surface area contributed by atoms with Gasteiger partial charge in [0.2, 0.25) is 18.4 Å². The van der Waals surface area contributed by atoms with E-state index in [-0.39, 0.29) is 18.4 Å². The summed E-state index contributed by atoms with van der Waals surface area (Å²) in [6.07, 6.45) is 3.70. The molecule has 8 heteroatoms. The van der Waals surface area contributed by atoms with E-state index < -0.39 is 5.97 Å². The molecule has 4 rings (SSSR count). The Morgan fingerprint density at radius 2 is 1.69 bits per heavy atom. The second kappa shape index (κ2) is 11.3. The highest BCUT2D eigenvalue weighted by Crippen LogP contribution is 2.39. The van der Waals surface area contributed by atoms with E-state index in [0.29, 0.717) is 41.5 Å². The molecule has 1 heterocycles. The van der Waals surface area contributed by atoms with Crippen molar-refractivity contribution in [2.45, 2.75) is 13.3 Å². The van der Waals surface area contributed by atoms with Gasteiger partial charge in [-0.25, -0.2) is 4.79 Å². The van der Waals surface area contributed by atoms with Crippen molar-refractivity contribution in [3.05, 3.63) is 82.9 Å². The first kappa shape index (κ1) is 24.7. The zero-order chi connectivity index (χ0) is 25.5. The van der Waals surface area contributed by atoms with Crippen LogP contribution in [0, 0.1) is 6.92 Å². The topological polar surface area (TPSA) is 92.3 Å². The number of hydrogen-bond acceptors (Lipinski definition) is 7. The van der Waals surface area contributed by atoms with Gasteiger partial charge in [0.1, 0.15) is 0 Å². The van der Waals surface area contributed by atoms with E-state index in [1.165, 1.54) is 20.3 Å². The summed E-state index contributed by atoms with van der Waals surface area (Å²) in [6.45, 7) is 2.51. The largest absolute Gasteiger partial charge is 0.493 e. The molecule has 0 spiro atoms. The normalized spacial score (nSPS) is 11.9. The predicted molar refractivity (Wildman–Crippen MR) is 134 cm³/mol. The molecule has 0 fully saturated rings. The highest BCUT2D eigenvalue weighted by atomic mass is 16.7. The summed E-state index contributed by atoms with van der Waals surface area (Å²) in [4.78, 5) is 25.0. The van der Waals surface area contributed by atoms with E-state index >= 15 is 0 Å². The molecule has 0 saturated heterocycles. The van der Waals surface area contributed by atoms with E-state index in [4.69, 9.17) is 23.7 Å². The van der Waals surface area contributed by atoms with Gasteiger partial charge in [0.25, 0.3) is 0 Å². The van der Waals surface area contributed by atoms with Gasteiger partial charge in [0, 0.05) is 12.6 Å². The fourth-order valence-electron chi connectivity index (χ4n) is 3.73. The van der Waals surface area contributed by atoms with Crippen molar-refractivity contribution in [3.8, 4) is 28.7 Å². The van der Waals surface area contributed by atoms with Gasteiger partial charge in [-0.3, -0.25) is 4.79 Å². The Kier molecular flexibility index (Phi) is 7.75. The Morgan fingerprint density at radius 3 is 2.42 bits per heavy atom. The Balaban J connectivity index is 1.40. The lowest BCUT2D eigenvalue weighted by Gasteiger charge is -2.15. The SMILES string of the molecule is COc1cc(CCNC(=O)/C=C/c2cc3c(cc2C)OCO3)cc(OC(=O)c2ccccc2)c1OC. The van der Waals surface area contributed by atoms with Crippen LogP contribution in [0.5, 0.6) is 28.7 Å². The lowest BCUT2D eigenvalue weighted by molar-refractivity contribution is -0.116. The monoisotopic (exact) mass is 489 g/mol. The molecular weight excluding hydrogens is 462 g/mol. The second-order valence-corrected chi connectivity index (χ2v) is 8.02. The van der Waals surface area contributed by atoms with E-state index in [9.17, 15) is 9.59 Å². The molecule has 186 valence electrons. The van der Waals surface area contributed by atoms with Crippen molar-refractivity contribution < 1.29 is 33.3 Å². The predicted octanol–water partition coefficient (Wildman–Crippen LogP) is 4.33. The molecule has 8 nitrogen and oxygen atoms in total. The van der Waals surface area contributed by atoms with E-state index in [0.717, 1.165) is 16.7 Å². The van der Waals surface area contributed by atoms with Crippen LogP contribution in [0.25, 0.3) is 6.08 Å². The minimum Gasteiger partial charge on any atom is -0.493 e. The molecule has 0 aliphatic carbocycles. The second-order valence-electron chi connectivity index (χ2n) is 8.02. The standard InChI is InChI=1S/C28H27NO7/c1-18-13-22-23(35-17-34-22)16-21(18)9-10-26(30)29-12-11-19-14-24(32-2)27(33-3)25(15-19)36-28(31)20-7-5-4-6-8-20/h4-10,13-16H,11-12,17H2,1-3H3,(H,29,30)/b10-9+. The molecule has 1 N–H and O–H groups in total. The van der Waals surface area contributed by atoms with Crippen LogP contribution < -0.4 is 29.0 Å². The zero-order valence-electron chi connectivity index (χ0n) is 20.3. The molecule has 1 aliphatic heterocycles. The lowest BCUT2D eigenvalue weighted by Crippen LogP contribution is -2.23. The number of esters is 1. The van der Waals surface area contributed by atoms with Crippen LogP contribution in [0.15, 0.2) is 60.7 Å². The molecule has 0 bridgehead atoms. The van der Waals surface area contributed by atoms with Gasteiger partial charge < -0.3 is 29.0 Å². The molecule has 0 aromatic heterocycles.